The summed E-state index contributed by atoms with van der Waals surface area (Å²) in [5, 5.41) is 2.36. The van der Waals surface area contributed by atoms with Crippen LogP contribution in [0.5, 0.6) is 11.5 Å². The summed E-state index contributed by atoms with van der Waals surface area (Å²) in [6, 6.07) is 13.3. The number of methoxy groups -OCH3 is 1. The van der Waals surface area contributed by atoms with Gasteiger partial charge in [-0.05, 0) is 45.8 Å². The van der Waals surface area contributed by atoms with Crippen LogP contribution in [0.3, 0.4) is 0 Å². The summed E-state index contributed by atoms with van der Waals surface area (Å²) in [5.74, 6) is 1.87. The van der Waals surface area contributed by atoms with Gasteiger partial charge in [0.1, 0.15) is 18.1 Å². The van der Waals surface area contributed by atoms with E-state index in [1.807, 2.05) is 0 Å². The SMILES string of the molecule is COc1cc2c3c(c4c(c2cc1N1CCOCC1)-c1ccccc1C4(C)C)C=CCO3. The minimum absolute atomic E-state index is 0.0890. The molecule has 1 aliphatic carbocycles. The monoisotopic (exact) mass is 413 g/mol. The van der Waals surface area contributed by atoms with Crippen LogP contribution in [0.25, 0.3) is 28.0 Å². The summed E-state index contributed by atoms with van der Waals surface area (Å²) in [4.78, 5) is 2.38. The zero-order valence-electron chi connectivity index (χ0n) is 18.3. The molecule has 3 aromatic carbocycles. The van der Waals surface area contributed by atoms with E-state index in [0.29, 0.717) is 6.61 Å². The Kier molecular flexibility index (Phi) is 4.09. The summed E-state index contributed by atoms with van der Waals surface area (Å²) in [6.07, 6.45) is 4.36. The molecule has 3 aromatic rings. The van der Waals surface area contributed by atoms with Crippen molar-refractivity contribution in [3.63, 3.8) is 0 Å². The normalized spacial score (nSPS) is 18.4. The number of hydrogen-bond acceptors (Lipinski definition) is 4. The van der Waals surface area contributed by atoms with Gasteiger partial charge in [0, 0.05) is 29.5 Å². The lowest BCUT2D eigenvalue weighted by Gasteiger charge is -2.31. The van der Waals surface area contributed by atoms with Gasteiger partial charge >= 0.3 is 0 Å². The van der Waals surface area contributed by atoms with E-state index in [1.54, 1.807) is 7.11 Å². The lowest BCUT2D eigenvalue weighted by Crippen LogP contribution is -2.36. The van der Waals surface area contributed by atoms with Gasteiger partial charge in [0.25, 0.3) is 0 Å². The van der Waals surface area contributed by atoms with Gasteiger partial charge in [0.2, 0.25) is 0 Å². The third-order valence-corrected chi connectivity index (χ3v) is 7.05. The first-order valence-corrected chi connectivity index (χ1v) is 11.1. The Hall–Kier alpha value is -2.98. The van der Waals surface area contributed by atoms with Gasteiger partial charge in [-0.1, -0.05) is 44.2 Å². The van der Waals surface area contributed by atoms with Crippen LogP contribution >= 0.6 is 0 Å². The molecule has 158 valence electrons. The first-order chi connectivity index (χ1) is 15.1. The maximum Gasteiger partial charge on any atom is 0.142 e. The molecule has 0 aromatic heterocycles. The first-order valence-electron chi connectivity index (χ1n) is 11.1. The number of fused-ring (bicyclic) bond motifs is 8. The minimum Gasteiger partial charge on any atom is -0.495 e. The van der Waals surface area contributed by atoms with E-state index in [2.05, 4.69) is 67.3 Å². The van der Waals surface area contributed by atoms with Crippen molar-refractivity contribution in [1.82, 2.24) is 0 Å². The first kappa shape index (κ1) is 18.8. The van der Waals surface area contributed by atoms with E-state index in [1.165, 1.54) is 33.2 Å². The van der Waals surface area contributed by atoms with Crippen molar-refractivity contribution in [3.8, 4) is 22.6 Å². The van der Waals surface area contributed by atoms with E-state index in [4.69, 9.17) is 14.2 Å². The summed E-state index contributed by atoms with van der Waals surface area (Å²) < 4.78 is 17.7. The topological polar surface area (TPSA) is 30.9 Å². The van der Waals surface area contributed by atoms with Crippen LogP contribution in [0.2, 0.25) is 0 Å². The van der Waals surface area contributed by atoms with Gasteiger partial charge in [0.05, 0.1) is 26.0 Å². The van der Waals surface area contributed by atoms with Crippen LogP contribution in [0, 0.1) is 0 Å². The van der Waals surface area contributed by atoms with Gasteiger partial charge in [-0.3, -0.25) is 0 Å². The number of benzene rings is 3. The number of anilines is 1. The van der Waals surface area contributed by atoms with Crippen LogP contribution in [0.1, 0.15) is 30.5 Å². The van der Waals surface area contributed by atoms with Crippen LogP contribution in [0.4, 0.5) is 5.69 Å². The average Bonchev–Trinajstić information content (AvgIpc) is 3.06. The Balaban J connectivity index is 1.74. The van der Waals surface area contributed by atoms with E-state index in [-0.39, 0.29) is 5.41 Å². The molecule has 2 heterocycles. The number of hydrogen-bond donors (Lipinski definition) is 0. The van der Waals surface area contributed by atoms with Crippen molar-refractivity contribution in [2.24, 2.45) is 0 Å². The molecule has 3 aliphatic rings. The maximum atomic E-state index is 6.26. The third-order valence-electron chi connectivity index (χ3n) is 7.05. The van der Waals surface area contributed by atoms with E-state index in [0.717, 1.165) is 48.9 Å². The van der Waals surface area contributed by atoms with Crippen LogP contribution in [-0.2, 0) is 10.2 Å². The smallest absolute Gasteiger partial charge is 0.142 e. The zero-order valence-corrected chi connectivity index (χ0v) is 18.3. The fourth-order valence-electron chi connectivity index (χ4n) is 5.63. The quantitative estimate of drug-likeness (QED) is 0.563. The molecule has 2 aliphatic heterocycles. The van der Waals surface area contributed by atoms with Gasteiger partial charge in [-0.15, -0.1) is 0 Å². The predicted octanol–water partition coefficient (Wildman–Crippen LogP) is 5.40. The summed E-state index contributed by atoms with van der Waals surface area (Å²) >= 11 is 0. The lowest BCUT2D eigenvalue weighted by atomic mass is 9.78. The lowest BCUT2D eigenvalue weighted by molar-refractivity contribution is 0.122. The highest BCUT2D eigenvalue weighted by molar-refractivity contribution is 6.10. The number of rotatable bonds is 2. The molecule has 0 saturated carbocycles. The fraction of sp³-hybridized carbons (Fsp3) is 0.333. The molecule has 0 spiro atoms. The standard InChI is InChI=1S/C27H27NO3/c1-27(2)21-9-5-4-7-17(21)24-19-15-22(28-10-13-30-14-11-28)23(29-3)16-20(19)26-18(25(24)27)8-6-12-31-26/h4-9,15-16H,10-14H2,1-3H3. The second-order valence-corrected chi connectivity index (χ2v) is 9.05. The molecule has 4 heteroatoms. The van der Waals surface area contributed by atoms with Gasteiger partial charge in [-0.2, -0.15) is 0 Å². The summed E-state index contributed by atoms with van der Waals surface area (Å²) in [7, 11) is 1.75. The molecule has 0 amide bonds. The molecule has 0 N–H and O–H groups in total. The third kappa shape index (κ3) is 2.58. The maximum absolute atomic E-state index is 6.26. The van der Waals surface area contributed by atoms with Crippen LogP contribution in [0.15, 0.2) is 42.5 Å². The second kappa shape index (κ2) is 6.76. The Morgan fingerprint density at radius 1 is 1.03 bits per heavy atom. The molecule has 1 saturated heterocycles. The second-order valence-electron chi connectivity index (χ2n) is 9.05. The largest absolute Gasteiger partial charge is 0.495 e. The number of morpholine rings is 1. The van der Waals surface area contributed by atoms with E-state index in [9.17, 15) is 0 Å². The zero-order chi connectivity index (χ0) is 21.2. The van der Waals surface area contributed by atoms with Gasteiger partial charge < -0.3 is 19.1 Å². The molecule has 31 heavy (non-hydrogen) atoms. The van der Waals surface area contributed by atoms with Crippen molar-refractivity contribution in [2.45, 2.75) is 19.3 Å². The summed E-state index contributed by atoms with van der Waals surface area (Å²) in [6.45, 7) is 8.49. The molecule has 0 radical (unpaired) electrons. The van der Waals surface area contributed by atoms with Gasteiger partial charge in [0.15, 0.2) is 0 Å². The summed E-state index contributed by atoms with van der Waals surface area (Å²) in [5.41, 5.74) is 7.65. The molecule has 0 atom stereocenters. The van der Waals surface area contributed by atoms with Crippen molar-refractivity contribution in [2.75, 3.05) is 44.9 Å². The molecule has 1 fully saturated rings. The fourth-order valence-corrected chi connectivity index (χ4v) is 5.63. The highest BCUT2D eigenvalue weighted by atomic mass is 16.5. The molecule has 0 unspecified atom stereocenters. The molecule has 4 nitrogen and oxygen atoms in total. The highest BCUT2D eigenvalue weighted by Gasteiger charge is 2.40. The molecular weight excluding hydrogens is 386 g/mol. The molecular formula is C27H27NO3. The van der Waals surface area contributed by atoms with E-state index >= 15 is 0 Å². The van der Waals surface area contributed by atoms with Crippen molar-refractivity contribution >= 4 is 22.5 Å². The number of nitrogens with zero attached hydrogens (tertiary/aromatic N) is 1. The molecule has 6 rings (SSSR count). The van der Waals surface area contributed by atoms with Crippen molar-refractivity contribution in [3.05, 3.63) is 59.2 Å². The Morgan fingerprint density at radius 2 is 1.84 bits per heavy atom. The highest BCUT2D eigenvalue weighted by Crippen LogP contribution is 2.57. The predicted molar refractivity (Wildman–Crippen MR) is 126 cm³/mol. The van der Waals surface area contributed by atoms with Crippen LogP contribution in [-0.4, -0.2) is 40.0 Å². The number of ether oxygens (including phenoxy) is 3. The molecule has 0 bridgehead atoms. The Labute approximate surface area is 183 Å². The minimum atomic E-state index is -0.0890. The van der Waals surface area contributed by atoms with Crippen molar-refractivity contribution in [1.29, 1.82) is 0 Å². The van der Waals surface area contributed by atoms with Crippen molar-refractivity contribution < 1.29 is 14.2 Å². The van der Waals surface area contributed by atoms with Crippen LogP contribution < -0.4 is 14.4 Å². The van der Waals surface area contributed by atoms with E-state index < -0.39 is 0 Å². The Morgan fingerprint density at radius 3 is 2.65 bits per heavy atom. The van der Waals surface area contributed by atoms with Gasteiger partial charge in [-0.25, -0.2) is 0 Å². The Bertz CT molecular complexity index is 1240. The average molecular weight is 414 g/mol.